The quantitative estimate of drug-likeness (QED) is 0.784. The maximum Gasteiger partial charge on any atom is 0.234 e. The Morgan fingerprint density at radius 1 is 1.30 bits per heavy atom. The van der Waals surface area contributed by atoms with Gasteiger partial charge in [-0.05, 0) is 72.5 Å². The first kappa shape index (κ1) is 17.4. The zero-order valence-corrected chi connectivity index (χ0v) is 14.0. The summed E-state index contributed by atoms with van der Waals surface area (Å²) in [6, 6.07) is 0.421. The van der Waals surface area contributed by atoms with Crippen molar-refractivity contribution >= 4 is 5.91 Å². The minimum atomic E-state index is -0.145. The van der Waals surface area contributed by atoms with Crippen LogP contribution in [-0.4, -0.2) is 48.6 Å². The van der Waals surface area contributed by atoms with Crippen molar-refractivity contribution in [2.24, 2.45) is 5.92 Å². The van der Waals surface area contributed by atoms with E-state index in [1.165, 1.54) is 38.9 Å². The molecule has 0 aliphatic carbocycles. The molecule has 1 atom stereocenters. The van der Waals surface area contributed by atoms with Gasteiger partial charge in [0.1, 0.15) is 0 Å². The molecule has 1 aliphatic heterocycles. The maximum atomic E-state index is 11.8. The molecule has 1 unspecified atom stereocenters. The molecule has 0 aromatic carbocycles. The second kappa shape index (κ2) is 7.99. The highest BCUT2D eigenvalue weighted by molar-refractivity contribution is 5.78. The summed E-state index contributed by atoms with van der Waals surface area (Å²) in [6.45, 7) is 14.6. The van der Waals surface area contributed by atoms with Crippen LogP contribution in [-0.2, 0) is 4.79 Å². The van der Waals surface area contributed by atoms with Crippen molar-refractivity contribution in [1.82, 2.24) is 15.5 Å². The monoisotopic (exact) mass is 283 g/mol. The van der Waals surface area contributed by atoms with E-state index in [1.807, 2.05) is 20.8 Å². The summed E-state index contributed by atoms with van der Waals surface area (Å²) >= 11 is 0. The Hall–Kier alpha value is -0.610. The highest BCUT2D eigenvalue weighted by Crippen LogP contribution is 2.20. The van der Waals surface area contributed by atoms with Crippen LogP contribution in [0.15, 0.2) is 0 Å². The van der Waals surface area contributed by atoms with E-state index in [0.717, 1.165) is 0 Å². The van der Waals surface area contributed by atoms with Crippen molar-refractivity contribution in [3.8, 4) is 0 Å². The molecular formula is C16H33N3O. The Kier molecular flexibility index (Phi) is 6.96. The topological polar surface area (TPSA) is 44.4 Å². The molecule has 0 saturated carbocycles. The van der Waals surface area contributed by atoms with Crippen LogP contribution >= 0.6 is 0 Å². The molecule has 20 heavy (non-hydrogen) atoms. The van der Waals surface area contributed by atoms with Crippen LogP contribution in [0.25, 0.3) is 0 Å². The summed E-state index contributed by atoms with van der Waals surface area (Å²) in [5, 5.41) is 6.38. The highest BCUT2D eigenvalue weighted by Gasteiger charge is 2.24. The molecule has 1 rings (SSSR count). The molecular weight excluding hydrogens is 250 g/mol. The standard InChI is InChI=1S/C16H33N3O/c1-6-9-19-10-7-14(8-11-19)13(2)17-12-15(20)18-16(3,4)5/h13-14,17H,6-12H2,1-5H3,(H,18,20). The second-order valence-corrected chi connectivity index (χ2v) is 7.15. The first-order valence-electron chi connectivity index (χ1n) is 8.08. The van der Waals surface area contributed by atoms with Crippen LogP contribution in [0.5, 0.6) is 0 Å². The number of likely N-dealkylation sites (tertiary alicyclic amines) is 1. The molecule has 0 bridgehead atoms. The Balaban J connectivity index is 2.23. The summed E-state index contributed by atoms with van der Waals surface area (Å²) in [5.74, 6) is 0.790. The maximum absolute atomic E-state index is 11.8. The molecule has 0 spiro atoms. The minimum absolute atomic E-state index is 0.0905. The average molecular weight is 283 g/mol. The number of nitrogens with one attached hydrogen (secondary N) is 2. The van der Waals surface area contributed by atoms with Crippen molar-refractivity contribution in [3.05, 3.63) is 0 Å². The summed E-state index contributed by atoms with van der Waals surface area (Å²) in [6.07, 6.45) is 3.73. The number of amides is 1. The van der Waals surface area contributed by atoms with Crippen LogP contribution in [0.2, 0.25) is 0 Å². The van der Waals surface area contributed by atoms with E-state index in [0.29, 0.717) is 18.5 Å². The van der Waals surface area contributed by atoms with Gasteiger partial charge in [-0.3, -0.25) is 4.79 Å². The molecule has 0 aromatic heterocycles. The summed E-state index contributed by atoms with van der Waals surface area (Å²) in [7, 11) is 0. The largest absolute Gasteiger partial charge is 0.350 e. The molecule has 1 heterocycles. The lowest BCUT2D eigenvalue weighted by Gasteiger charge is -2.35. The van der Waals surface area contributed by atoms with Crippen molar-refractivity contribution in [1.29, 1.82) is 0 Å². The van der Waals surface area contributed by atoms with E-state index >= 15 is 0 Å². The summed E-state index contributed by atoms with van der Waals surface area (Å²) in [4.78, 5) is 14.4. The molecule has 118 valence electrons. The zero-order valence-electron chi connectivity index (χ0n) is 14.0. The molecule has 1 amide bonds. The number of carbonyl (C=O) groups is 1. The van der Waals surface area contributed by atoms with Crippen molar-refractivity contribution in [2.75, 3.05) is 26.2 Å². The molecule has 1 fully saturated rings. The smallest absolute Gasteiger partial charge is 0.234 e. The van der Waals surface area contributed by atoms with Gasteiger partial charge in [-0.2, -0.15) is 0 Å². The van der Waals surface area contributed by atoms with Crippen molar-refractivity contribution in [3.63, 3.8) is 0 Å². The molecule has 0 radical (unpaired) electrons. The van der Waals surface area contributed by atoms with Crippen molar-refractivity contribution < 1.29 is 4.79 Å². The molecule has 0 aromatic rings. The summed E-state index contributed by atoms with van der Waals surface area (Å²) < 4.78 is 0. The summed E-state index contributed by atoms with van der Waals surface area (Å²) in [5.41, 5.74) is -0.145. The SMILES string of the molecule is CCCN1CCC(C(C)NCC(=O)NC(C)(C)C)CC1. The third-order valence-electron chi connectivity index (χ3n) is 3.98. The normalized spacial score (nSPS) is 19.9. The number of nitrogens with zero attached hydrogens (tertiary/aromatic N) is 1. The van der Waals surface area contributed by atoms with Crippen LogP contribution < -0.4 is 10.6 Å². The Labute approximate surface area is 124 Å². The second-order valence-electron chi connectivity index (χ2n) is 7.15. The van der Waals surface area contributed by atoms with E-state index in [4.69, 9.17) is 0 Å². The molecule has 2 N–H and O–H groups in total. The van der Waals surface area contributed by atoms with Gasteiger partial charge in [-0.1, -0.05) is 6.92 Å². The Bertz CT molecular complexity index is 291. The van der Waals surface area contributed by atoms with Gasteiger partial charge in [0.25, 0.3) is 0 Å². The molecule has 1 saturated heterocycles. The number of carbonyl (C=O) groups excluding carboxylic acids is 1. The number of hydrogen-bond donors (Lipinski definition) is 2. The van der Waals surface area contributed by atoms with Crippen LogP contribution in [0.1, 0.15) is 53.9 Å². The van der Waals surface area contributed by atoms with Gasteiger partial charge < -0.3 is 15.5 Å². The fourth-order valence-corrected chi connectivity index (χ4v) is 2.88. The lowest BCUT2D eigenvalue weighted by molar-refractivity contribution is -0.121. The Morgan fingerprint density at radius 3 is 2.40 bits per heavy atom. The van der Waals surface area contributed by atoms with Gasteiger partial charge >= 0.3 is 0 Å². The van der Waals surface area contributed by atoms with E-state index in [-0.39, 0.29) is 11.4 Å². The number of hydrogen-bond acceptors (Lipinski definition) is 3. The van der Waals surface area contributed by atoms with Gasteiger partial charge in [-0.25, -0.2) is 0 Å². The van der Waals surface area contributed by atoms with Gasteiger partial charge in [0, 0.05) is 11.6 Å². The predicted octanol–water partition coefficient (Wildman–Crippen LogP) is 2.00. The fourth-order valence-electron chi connectivity index (χ4n) is 2.88. The number of piperidine rings is 1. The molecule has 1 aliphatic rings. The van der Waals surface area contributed by atoms with E-state index in [2.05, 4.69) is 29.4 Å². The van der Waals surface area contributed by atoms with E-state index in [9.17, 15) is 4.79 Å². The van der Waals surface area contributed by atoms with Crippen LogP contribution in [0, 0.1) is 5.92 Å². The van der Waals surface area contributed by atoms with Crippen LogP contribution in [0.3, 0.4) is 0 Å². The third kappa shape index (κ3) is 6.71. The van der Waals surface area contributed by atoms with Gasteiger partial charge in [0.05, 0.1) is 6.54 Å². The lowest BCUT2D eigenvalue weighted by Crippen LogP contribution is -2.48. The minimum Gasteiger partial charge on any atom is -0.350 e. The average Bonchev–Trinajstić information content (AvgIpc) is 2.35. The predicted molar refractivity (Wildman–Crippen MR) is 84.8 cm³/mol. The first-order valence-corrected chi connectivity index (χ1v) is 8.08. The van der Waals surface area contributed by atoms with E-state index < -0.39 is 0 Å². The van der Waals surface area contributed by atoms with E-state index in [1.54, 1.807) is 0 Å². The number of rotatable bonds is 6. The zero-order chi connectivity index (χ0) is 15.2. The van der Waals surface area contributed by atoms with Gasteiger partial charge in [0.2, 0.25) is 5.91 Å². The van der Waals surface area contributed by atoms with Crippen LogP contribution in [0.4, 0.5) is 0 Å². The van der Waals surface area contributed by atoms with Gasteiger partial charge in [-0.15, -0.1) is 0 Å². The lowest BCUT2D eigenvalue weighted by atomic mass is 9.90. The Morgan fingerprint density at radius 2 is 1.90 bits per heavy atom. The molecule has 4 heteroatoms. The van der Waals surface area contributed by atoms with Crippen molar-refractivity contribution in [2.45, 2.75) is 65.5 Å². The van der Waals surface area contributed by atoms with Gasteiger partial charge in [0.15, 0.2) is 0 Å². The third-order valence-corrected chi connectivity index (χ3v) is 3.98. The molecule has 4 nitrogen and oxygen atoms in total. The fraction of sp³-hybridized carbons (Fsp3) is 0.938. The highest BCUT2D eigenvalue weighted by atomic mass is 16.2. The first-order chi connectivity index (χ1) is 9.31.